The summed E-state index contributed by atoms with van der Waals surface area (Å²) < 4.78 is 5.76. The third-order valence-corrected chi connectivity index (χ3v) is 6.11. The summed E-state index contributed by atoms with van der Waals surface area (Å²) in [5, 5.41) is 5.29. The molecule has 0 unspecified atom stereocenters. The molecule has 1 aliphatic heterocycles. The number of nitrogens with one attached hydrogen (secondary N) is 2. The molecule has 3 aromatic carbocycles. The minimum absolute atomic E-state index is 0.150. The Morgan fingerprint density at radius 2 is 1.62 bits per heavy atom. The summed E-state index contributed by atoms with van der Waals surface area (Å²) in [4.78, 5) is 26.1. The molecule has 1 aliphatic rings. The lowest BCUT2D eigenvalue weighted by Crippen LogP contribution is -2.39. The van der Waals surface area contributed by atoms with E-state index in [-0.39, 0.29) is 11.8 Å². The van der Waals surface area contributed by atoms with E-state index in [1.54, 1.807) is 31.2 Å². The standard InChI is InChI=1S/C23H20N2O3S/c1-15(21-23(27)25-19-9-5-6-10-20(19)29-21)22(26)24-16-11-13-18(14-12-16)28-17-7-3-2-4-8-17/h2-15,21H,1H3,(H,24,26)(H,25,27)/t15-,21+/m0/s1. The molecule has 0 bridgehead atoms. The van der Waals surface area contributed by atoms with Crippen LogP contribution in [-0.2, 0) is 9.59 Å². The van der Waals surface area contributed by atoms with E-state index in [4.69, 9.17) is 4.74 Å². The Morgan fingerprint density at radius 3 is 2.38 bits per heavy atom. The average Bonchev–Trinajstić information content (AvgIpc) is 2.75. The van der Waals surface area contributed by atoms with Gasteiger partial charge in [0.2, 0.25) is 11.8 Å². The number of amides is 2. The average molecular weight is 404 g/mol. The normalized spacial score (nSPS) is 16.3. The molecular weight excluding hydrogens is 384 g/mol. The van der Waals surface area contributed by atoms with Crippen LogP contribution in [-0.4, -0.2) is 17.1 Å². The van der Waals surface area contributed by atoms with Crippen LogP contribution in [0.25, 0.3) is 0 Å². The third kappa shape index (κ3) is 4.43. The van der Waals surface area contributed by atoms with Crippen molar-refractivity contribution >= 4 is 35.0 Å². The Balaban J connectivity index is 1.39. The van der Waals surface area contributed by atoms with E-state index in [0.29, 0.717) is 11.4 Å². The van der Waals surface area contributed by atoms with E-state index in [1.165, 1.54) is 11.8 Å². The maximum Gasteiger partial charge on any atom is 0.238 e. The highest BCUT2D eigenvalue weighted by Crippen LogP contribution is 2.38. The van der Waals surface area contributed by atoms with Gasteiger partial charge in [-0.15, -0.1) is 11.8 Å². The number of hydrogen-bond donors (Lipinski definition) is 2. The Bertz CT molecular complexity index is 1020. The summed E-state index contributed by atoms with van der Waals surface area (Å²) in [6.45, 7) is 1.77. The number of anilines is 2. The molecule has 4 rings (SSSR count). The van der Waals surface area contributed by atoms with Crippen LogP contribution < -0.4 is 15.4 Å². The van der Waals surface area contributed by atoms with E-state index in [2.05, 4.69) is 10.6 Å². The highest BCUT2D eigenvalue weighted by atomic mass is 32.2. The molecule has 29 heavy (non-hydrogen) atoms. The Hall–Kier alpha value is -3.25. The maximum atomic E-state index is 12.7. The summed E-state index contributed by atoms with van der Waals surface area (Å²) in [5.74, 6) is 0.588. The first kappa shape index (κ1) is 19.1. The summed E-state index contributed by atoms with van der Waals surface area (Å²) in [7, 11) is 0. The highest BCUT2D eigenvalue weighted by Gasteiger charge is 2.35. The number of fused-ring (bicyclic) bond motifs is 1. The second-order valence-corrected chi connectivity index (χ2v) is 7.92. The molecule has 146 valence electrons. The molecule has 0 spiro atoms. The van der Waals surface area contributed by atoms with Crippen molar-refractivity contribution in [3.8, 4) is 11.5 Å². The minimum Gasteiger partial charge on any atom is -0.457 e. The smallest absolute Gasteiger partial charge is 0.238 e. The van der Waals surface area contributed by atoms with Gasteiger partial charge in [0.1, 0.15) is 11.5 Å². The lowest BCUT2D eigenvalue weighted by atomic mass is 10.1. The summed E-state index contributed by atoms with van der Waals surface area (Å²) in [5.41, 5.74) is 1.45. The van der Waals surface area contributed by atoms with Crippen molar-refractivity contribution < 1.29 is 14.3 Å². The van der Waals surface area contributed by atoms with Crippen molar-refractivity contribution in [3.63, 3.8) is 0 Å². The first-order valence-electron chi connectivity index (χ1n) is 9.30. The highest BCUT2D eigenvalue weighted by molar-refractivity contribution is 8.01. The molecule has 0 saturated heterocycles. The van der Waals surface area contributed by atoms with Gasteiger partial charge in [0.15, 0.2) is 0 Å². The summed E-state index contributed by atoms with van der Waals surface area (Å²) in [6, 6.07) is 24.3. The van der Waals surface area contributed by atoms with Crippen molar-refractivity contribution in [2.24, 2.45) is 5.92 Å². The largest absolute Gasteiger partial charge is 0.457 e. The maximum absolute atomic E-state index is 12.7. The molecule has 6 heteroatoms. The zero-order valence-electron chi connectivity index (χ0n) is 15.8. The van der Waals surface area contributed by atoms with Gasteiger partial charge in [-0.2, -0.15) is 0 Å². The monoisotopic (exact) mass is 404 g/mol. The van der Waals surface area contributed by atoms with E-state index in [1.807, 2.05) is 54.6 Å². The number of benzene rings is 3. The molecular formula is C23H20N2O3S. The van der Waals surface area contributed by atoms with Crippen LogP contribution in [0.5, 0.6) is 11.5 Å². The number of carbonyl (C=O) groups excluding carboxylic acids is 2. The van der Waals surface area contributed by atoms with Crippen LogP contribution in [0.15, 0.2) is 83.8 Å². The van der Waals surface area contributed by atoms with E-state index in [9.17, 15) is 9.59 Å². The Kier molecular flexibility index (Phi) is 5.53. The van der Waals surface area contributed by atoms with Gasteiger partial charge in [-0.25, -0.2) is 0 Å². The Morgan fingerprint density at radius 1 is 0.966 bits per heavy atom. The van der Waals surface area contributed by atoms with Crippen molar-refractivity contribution in [1.29, 1.82) is 0 Å². The van der Waals surface area contributed by atoms with E-state index < -0.39 is 11.2 Å². The quantitative estimate of drug-likeness (QED) is 0.616. The number of carbonyl (C=O) groups is 2. The van der Waals surface area contributed by atoms with Crippen molar-refractivity contribution in [3.05, 3.63) is 78.9 Å². The molecule has 1 heterocycles. The first-order valence-corrected chi connectivity index (χ1v) is 10.2. The number of rotatable bonds is 5. The van der Waals surface area contributed by atoms with Gasteiger partial charge in [-0.3, -0.25) is 9.59 Å². The molecule has 0 aromatic heterocycles. The van der Waals surface area contributed by atoms with Crippen LogP contribution in [0.3, 0.4) is 0 Å². The second kappa shape index (κ2) is 8.41. The molecule has 0 radical (unpaired) electrons. The third-order valence-electron chi connectivity index (χ3n) is 4.63. The van der Waals surface area contributed by atoms with Gasteiger partial charge in [-0.1, -0.05) is 37.3 Å². The fourth-order valence-corrected chi connectivity index (χ4v) is 4.19. The van der Waals surface area contributed by atoms with Crippen LogP contribution in [0.1, 0.15) is 6.92 Å². The van der Waals surface area contributed by atoms with Crippen molar-refractivity contribution in [1.82, 2.24) is 0 Å². The predicted octanol–water partition coefficient (Wildman–Crippen LogP) is 5.17. The lowest BCUT2D eigenvalue weighted by molar-refractivity contribution is -0.123. The van der Waals surface area contributed by atoms with Crippen LogP contribution in [0.4, 0.5) is 11.4 Å². The van der Waals surface area contributed by atoms with Gasteiger partial charge in [0.25, 0.3) is 0 Å². The molecule has 2 amide bonds. The van der Waals surface area contributed by atoms with E-state index >= 15 is 0 Å². The van der Waals surface area contributed by atoms with Crippen LogP contribution in [0.2, 0.25) is 0 Å². The zero-order valence-corrected chi connectivity index (χ0v) is 16.6. The molecule has 2 atom stereocenters. The topological polar surface area (TPSA) is 67.4 Å². The van der Waals surface area contributed by atoms with Crippen molar-refractivity contribution in [2.75, 3.05) is 10.6 Å². The second-order valence-electron chi connectivity index (χ2n) is 6.74. The number of para-hydroxylation sites is 2. The Labute approximate surface area is 173 Å². The minimum atomic E-state index is -0.492. The zero-order chi connectivity index (χ0) is 20.2. The number of thioether (sulfide) groups is 1. The molecule has 0 saturated carbocycles. The summed E-state index contributed by atoms with van der Waals surface area (Å²) in [6.07, 6.45) is 0. The van der Waals surface area contributed by atoms with Crippen molar-refractivity contribution in [2.45, 2.75) is 17.1 Å². The molecule has 5 nitrogen and oxygen atoms in total. The van der Waals surface area contributed by atoms with Gasteiger partial charge in [-0.05, 0) is 48.5 Å². The predicted molar refractivity (Wildman–Crippen MR) is 115 cm³/mol. The van der Waals surface area contributed by atoms with Crippen LogP contribution in [0, 0.1) is 5.92 Å². The van der Waals surface area contributed by atoms with Gasteiger partial charge in [0.05, 0.1) is 16.9 Å². The molecule has 0 aliphatic carbocycles. The number of hydrogen-bond acceptors (Lipinski definition) is 4. The van der Waals surface area contributed by atoms with E-state index in [0.717, 1.165) is 16.3 Å². The van der Waals surface area contributed by atoms with Gasteiger partial charge < -0.3 is 15.4 Å². The molecule has 0 fully saturated rings. The first-order chi connectivity index (χ1) is 14.1. The lowest BCUT2D eigenvalue weighted by Gasteiger charge is -2.27. The SMILES string of the molecule is C[C@H](C(=O)Nc1ccc(Oc2ccccc2)cc1)[C@H]1Sc2ccccc2NC1=O. The molecule has 3 aromatic rings. The van der Waals surface area contributed by atoms with Crippen LogP contribution >= 0.6 is 11.8 Å². The number of ether oxygens (including phenoxy) is 1. The molecule has 2 N–H and O–H groups in total. The van der Waals surface area contributed by atoms with Gasteiger partial charge >= 0.3 is 0 Å². The van der Waals surface area contributed by atoms with Gasteiger partial charge in [0, 0.05) is 10.6 Å². The fourth-order valence-electron chi connectivity index (χ4n) is 3.02. The fraction of sp³-hybridized carbons (Fsp3) is 0.130. The summed E-state index contributed by atoms with van der Waals surface area (Å²) >= 11 is 1.42.